The van der Waals surface area contributed by atoms with E-state index in [1.165, 1.54) is 29.3 Å². The van der Waals surface area contributed by atoms with Crippen molar-refractivity contribution in [3.63, 3.8) is 0 Å². The first-order chi connectivity index (χ1) is 26.1. The minimum Gasteiger partial charge on any atom is -0.491 e. The van der Waals surface area contributed by atoms with Crippen LogP contribution in [-0.4, -0.2) is 96.4 Å². The summed E-state index contributed by atoms with van der Waals surface area (Å²) < 4.78 is 38.3. The molecule has 3 aliphatic rings. The summed E-state index contributed by atoms with van der Waals surface area (Å²) in [5.74, 6) is 3.41. The summed E-state index contributed by atoms with van der Waals surface area (Å²) in [5, 5.41) is 12.7. The summed E-state index contributed by atoms with van der Waals surface area (Å²) in [6.07, 6.45) is 0.311. The number of hydrogen-bond acceptors (Lipinski definition) is 10. The first kappa shape index (κ1) is 41.0. The Labute approximate surface area is 320 Å². The van der Waals surface area contributed by atoms with Gasteiger partial charge in [0, 0.05) is 17.4 Å². The van der Waals surface area contributed by atoms with Crippen LogP contribution in [0, 0.1) is 0 Å². The van der Waals surface area contributed by atoms with Gasteiger partial charge >= 0.3 is 0 Å². The lowest BCUT2D eigenvalue weighted by Gasteiger charge is -2.26. The van der Waals surface area contributed by atoms with Crippen LogP contribution in [0.4, 0.5) is 0 Å². The Morgan fingerprint density at radius 3 is 1.06 bits per heavy atom. The normalized spacial score (nSPS) is 18.9. The van der Waals surface area contributed by atoms with Gasteiger partial charge < -0.3 is 49.3 Å². The van der Waals surface area contributed by atoms with Crippen LogP contribution < -0.4 is 30.0 Å². The number of nitrogens with one attached hydrogen (secondary N) is 1. The third-order valence-corrected chi connectivity index (χ3v) is 9.70. The Bertz CT molecular complexity index is 1600. The van der Waals surface area contributed by atoms with E-state index in [4.69, 9.17) is 33.2 Å². The van der Waals surface area contributed by atoms with Crippen LogP contribution in [0.5, 0.6) is 23.0 Å². The fourth-order valence-electron chi connectivity index (χ4n) is 5.75. The number of nitrogens with two attached hydrogens (primary N) is 1. The Kier molecular flexibility index (Phi) is 14.8. The molecule has 3 saturated heterocycles. The van der Waals surface area contributed by atoms with Gasteiger partial charge in [-0.25, -0.2) is 0 Å². The number of likely N-dealkylation sites (N-methyl/N-ethyl adjacent to an activating group) is 1. The van der Waals surface area contributed by atoms with Gasteiger partial charge in [0.15, 0.2) is 0 Å². The molecule has 4 unspecified atom stereocenters. The number of benzene rings is 4. The van der Waals surface area contributed by atoms with Crippen LogP contribution in [0.3, 0.4) is 0 Å². The Morgan fingerprint density at radius 2 is 0.815 bits per heavy atom. The topological polar surface area (TPSA) is 133 Å². The summed E-state index contributed by atoms with van der Waals surface area (Å²) >= 11 is 0. The quantitative estimate of drug-likeness (QED) is 0.106. The van der Waals surface area contributed by atoms with Crippen molar-refractivity contribution in [1.29, 1.82) is 0 Å². The highest BCUT2D eigenvalue weighted by Gasteiger charge is 2.27. The maximum Gasteiger partial charge on any atom is 0.119 e. The highest BCUT2D eigenvalue weighted by molar-refractivity contribution is 5.43. The third-order valence-electron chi connectivity index (χ3n) is 9.70. The molecule has 7 rings (SSSR count). The summed E-state index contributed by atoms with van der Waals surface area (Å²) in [6, 6.07) is 33.0. The molecule has 0 aromatic heterocycles. The SMILES string of the molecule is CC(C)(c1ccc(OCC2CO2)cc1)c1ccc(OCC2CO2)cc1.CN.CNCC(O)COc1ccc(C(C)(C)c2ccc(OCC3CO3)cc2)cc1. The Balaban J connectivity index is 0.000000199. The molecular weight excluding hydrogens is 684 g/mol. The summed E-state index contributed by atoms with van der Waals surface area (Å²) in [5.41, 5.74) is 9.20. The van der Waals surface area contributed by atoms with Crippen LogP contribution in [0.1, 0.15) is 49.9 Å². The van der Waals surface area contributed by atoms with E-state index in [1.54, 1.807) is 7.05 Å². The minimum atomic E-state index is -0.515. The number of aliphatic hydroxyl groups excluding tert-OH is 1. The van der Waals surface area contributed by atoms with Crippen molar-refractivity contribution < 1.29 is 38.3 Å². The van der Waals surface area contributed by atoms with E-state index in [0.29, 0.717) is 26.4 Å². The van der Waals surface area contributed by atoms with Crippen LogP contribution in [0.2, 0.25) is 0 Å². The Hall–Kier alpha value is -4.16. The van der Waals surface area contributed by atoms with Gasteiger partial charge in [0.2, 0.25) is 0 Å². The molecule has 3 heterocycles. The molecule has 292 valence electrons. The molecule has 54 heavy (non-hydrogen) atoms. The molecular formula is C44H58N2O8. The molecule has 4 aromatic carbocycles. The zero-order valence-electron chi connectivity index (χ0n) is 32.6. The molecule has 0 amide bonds. The largest absolute Gasteiger partial charge is 0.491 e. The molecule has 0 saturated carbocycles. The second kappa shape index (κ2) is 19.4. The van der Waals surface area contributed by atoms with E-state index in [9.17, 15) is 5.11 Å². The van der Waals surface area contributed by atoms with Crippen LogP contribution >= 0.6 is 0 Å². The number of aliphatic hydroxyl groups is 1. The maximum atomic E-state index is 9.73. The lowest BCUT2D eigenvalue weighted by Crippen LogP contribution is -2.29. The smallest absolute Gasteiger partial charge is 0.119 e. The van der Waals surface area contributed by atoms with E-state index in [-0.39, 0.29) is 35.7 Å². The lowest BCUT2D eigenvalue weighted by atomic mass is 9.78. The van der Waals surface area contributed by atoms with E-state index in [0.717, 1.165) is 42.8 Å². The van der Waals surface area contributed by atoms with Crippen molar-refractivity contribution in [2.24, 2.45) is 5.73 Å². The van der Waals surface area contributed by atoms with Gasteiger partial charge in [-0.2, -0.15) is 0 Å². The molecule has 10 heteroatoms. The van der Waals surface area contributed by atoms with Crippen LogP contribution in [0.15, 0.2) is 97.1 Å². The van der Waals surface area contributed by atoms with Crippen LogP contribution in [-0.2, 0) is 25.0 Å². The fourth-order valence-corrected chi connectivity index (χ4v) is 5.75. The zero-order valence-corrected chi connectivity index (χ0v) is 32.6. The van der Waals surface area contributed by atoms with Gasteiger partial charge in [-0.15, -0.1) is 0 Å². The van der Waals surface area contributed by atoms with Gasteiger partial charge in [-0.3, -0.25) is 0 Å². The molecule has 0 spiro atoms. The molecule has 4 N–H and O–H groups in total. The number of hydrogen-bond donors (Lipinski definition) is 3. The van der Waals surface area contributed by atoms with E-state index < -0.39 is 6.10 Å². The highest BCUT2D eigenvalue weighted by atomic mass is 16.6. The zero-order chi connectivity index (χ0) is 38.6. The van der Waals surface area contributed by atoms with Gasteiger partial charge in [-0.1, -0.05) is 76.2 Å². The predicted octanol–water partition coefficient (Wildman–Crippen LogP) is 5.89. The van der Waals surface area contributed by atoms with Crippen LogP contribution in [0.25, 0.3) is 0 Å². The molecule has 10 nitrogen and oxygen atoms in total. The van der Waals surface area contributed by atoms with Crippen molar-refractivity contribution in [2.45, 2.75) is 62.9 Å². The number of rotatable bonds is 18. The predicted molar refractivity (Wildman–Crippen MR) is 211 cm³/mol. The molecule has 0 radical (unpaired) electrons. The highest BCUT2D eigenvalue weighted by Crippen LogP contribution is 2.35. The standard InChI is InChI=1S/C22H29NO4.C21H24O4.CH5N/c1-22(2,17-6-10-20(11-7-17)26-14-21-15-27-21)16-4-8-19(9-5-16)25-13-18(24)12-23-3;1-21(2,15-3-7-17(8-4-15)22-11-19-13-24-19)16-5-9-18(10-6-16)23-12-20-14-25-20;1-2/h4-11,18,21,23-24H,12-15H2,1-3H3;3-10,19-20H,11-14H2,1-2H3;2H2,1H3. The average Bonchev–Trinajstić information content (AvgIpc) is 4.04. The monoisotopic (exact) mass is 742 g/mol. The molecule has 4 atom stereocenters. The van der Waals surface area contributed by atoms with Gasteiger partial charge in [0.1, 0.15) is 73.8 Å². The lowest BCUT2D eigenvalue weighted by molar-refractivity contribution is 0.108. The summed E-state index contributed by atoms with van der Waals surface area (Å²) in [4.78, 5) is 0. The van der Waals surface area contributed by atoms with Gasteiger partial charge in [0.05, 0.1) is 19.8 Å². The molecule has 4 aromatic rings. The van der Waals surface area contributed by atoms with Crippen molar-refractivity contribution >= 4 is 0 Å². The van der Waals surface area contributed by atoms with Crippen molar-refractivity contribution in [2.75, 3.05) is 66.9 Å². The fraction of sp³-hybridized carbons (Fsp3) is 0.455. The third kappa shape index (κ3) is 12.4. The minimum absolute atomic E-state index is 0.0870. The molecule has 3 fully saturated rings. The van der Waals surface area contributed by atoms with Crippen molar-refractivity contribution in [3.05, 3.63) is 119 Å². The van der Waals surface area contributed by atoms with Crippen molar-refractivity contribution in [1.82, 2.24) is 5.32 Å². The first-order valence-corrected chi connectivity index (χ1v) is 18.8. The average molecular weight is 743 g/mol. The summed E-state index contributed by atoms with van der Waals surface area (Å²) in [7, 11) is 3.31. The molecule has 3 aliphatic heterocycles. The summed E-state index contributed by atoms with van der Waals surface area (Å²) in [6.45, 7) is 14.0. The van der Waals surface area contributed by atoms with E-state index >= 15 is 0 Å². The number of ether oxygens (including phenoxy) is 7. The second-order valence-corrected chi connectivity index (χ2v) is 14.7. The number of epoxide rings is 3. The van der Waals surface area contributed by atoms with E-state index in [1.807, 2.05) is 48.5 Å². The molecule has 0 bridgehead atoms. The first-order valence-electron chi connectivity index (χ1n) is 18.8. The Morgan fingerprint density at radius 1 is 0.556 bits per heavy atom. The van der Waals surface area contributed by atoms with E-state index in [2.05, 4.69) is 87.3 Å². The molecule has 0 aliphatic carbocycles. The van der Waals surface area contributed by atoms with Gasteiger partial charge in [0.25, 0.3) is 0 Å². The van der Waals surface area contributed by atoms with Crippen molar-refractivity contribution in [3.8, 4) is 23.0 Å². The maximum absolute atomic E-state index is 9.73. The second-order valence-electron chi connectivity index (χ2n) is 14.7. The van der Waals surface area contributed by atoms with Gasteiger partial charge in [-0.05, 0) is 84.9 Å².